The summed E-state index contributed by atoms with van der Waals surface area (Å²) < 4.78 is 5.27. The number of nitrogens with two attached hydrogens (primary N) is 1. The zero-order valence-corrected chi connectivity index (χ0v) is 12.4. The van der Waals surface area contributed by atoms with Gasteiger partial charge >= 0.3 is 0 Å². The van der Waals surface area contributed by atoms with Crippen LogP contribution in [0, 0.1) is 0 Å². The standard InChI is InChI=1S/C13H14Cl2N4O/c1-2-20-7-13-18-11(16)6-12(19-13)17-8-3-4-9(14)10(15)5-8/h3-6H,2,7H2,1H3,(H3,16,17,18,19). The number of nitrogens with one attached hydrogen (secondary N) is 1. The molecule has 1 aromatic carbocycles. The normalized spacial score (nSPS) is 10.6. The minimum atomic E-state index is 0.317. The summed E-state index contributed by atoms with van der Waals surface area (Å²) in [7, 11) is 0. The topological polar surface area (TPSA) is 73.1 Å². The molecule has 0 aliphatic rings. The summed E-state index contributed by atoms with van der Waals surface area (Å²) in [5.74, 6) is 1.47. The monoisotopic (exact) mass is 312 g/mol. The molecule has 1 heterocycles. The average molecular weight is 313 g/mol. The zero-order chi connectivity index (χ0) is 14.5. The maximum atomic E-state index is 5.96. The summed E-state index contributed by atoms with van der Waals surface area (Å²) in [4.78, 5) is 8.41. The van der Waals surface area contributed by atoms with Gasteiger partial charge in [-0.15, -0.1) is 0 Å². The lowest BCUT2D eigenvalue weighted by atomic mass is 10.3. The van der Waals surface area contributed by atoms with E-state index < -0.39 is 0 Å². The van der Waals surface area contributed by atoms with Crippen molar-refractivity contribution in [2.45, 2.75) is 13.5 Å². The van der Waals surface area contributed by atoms with Gasteiger partial charge in [-0.25, -0.2) is 9.97 Å². The molecular formula is C13H14Cl2N4O. The van der Waals surface area contributed by atoms with Gasteiger partial charge in [0.25, 0.3) is 0 Å². The highest BCUT2D eigenvalue weighted by Crippen LogP contribution is 2.26. The van der Waals surface area contributed by atoms with Crippen molar-refractivity contribution < 1.29 is 4.74 Å². The minimum absolute atomic E-state index is 0.317. The van der Waals surface area contributed by atoms with E-state index in [0.717, 1.165) is 5.69 Å². The average Bonchev–Trinajstić information content (AvgIpc) is 2.40. The van der Waals surface area contributed by atoms with Crippen LogP contribution in [0.15, 0.2) is 24.3 Å². The number of hydrogen-bond donors (Lipinski definition) is 2. The second kappa shape index (κ2) is 6.74. The van der Waals surface area contributed by atoms with Crippen LogP contribution in [-0.4, -0.2) is 16.6 Å². The van der Waals surface area contributed by atoms with Crippen LogP contribution in [0.1, 0.15) is 12.7 Å². The Kier molecular flexibility index (Phi) is 5.00. The van der Waals surface area contributed by atoms with Gasteiger partial charge in [0.1, 0.15) is 18.2 Å². The van der Waals surface area contributed by atoms with E-state index in [9.17, 15) is 0 Å². The molecule has 0 amide bonds. The summed E-state index contributed by atoms with van der Waals surface area (Å²) in [5.41, 5.74) is 6.51. The highest BCUT2D eigenvalue weighted by atomic mass is 35.5. The Morgan fingerprint density at radius 1 is 1.20 bits per heavy atom. The Hall–Kier alpha value is -1.56. The third kappa shape index (κ3) is 3.96. The molecule has 0 radical (unpaired) electrons. The molecule has 0 fully saturated rings. The van der Waals surface area contributed by atoms with E-state index in [2.05, 4.69) is 15.3 Å². The van der Waals surface area contributed by atoms with Gasteiger partial charge in [0.05, 0.1) is 10.0 Å². The SMILES string of the molecule is CCOCc1nc(N)cc(Nc2ccc(Cl)c(Cl)c2)n1. The van der Waals surface area contributed by atoms with E-state index in [4.69, 9.17) is 33.7 Å². The first kappa shape index (κ1) is 14.8. The molecule has 5 nitrogen and oxygen atoms in total. The molecule has 0 saturated heterocycles. The van der Waals surface area contributed by atoms with Crippen LogP contribution in [0.3, 0.4) is 0 Å². The third-order valence-corrected chi connectivity index (χ3v) is 3.16. The van der Waals surface area contributed by atoms with E-state index in [1.165, 1.54) is 0 Å². The van der Waals surface area contributed by atoms with E-state index in [1.807, 2.05) is 6.92 Å². The van der Waals surface area contributed by atoms with Crippen LogP contribution in [0.25, 0.3) is 0 Å². The molecule has 2 rings (SSSR count). The van der Waals surface area contributed by atoms with Crippen LogP contribution in [0.5, 0.6) is 0 Å². The lowest BCUT2D eigenvalue weighted by Gasteiger charge is -2.09. The summed E-state index contributed by atoms with van der Waals surface area (Å²) in [6.45, 7) is 2.81. The lowest BCUT2D eigenvalue weighted by molar-refractivity contribution is 0.128. The molecule has 1 aromatic heterocycles. The molecule has 0 unspecified atom stereocenters. The van der Waals surface area contributed by atoms with Gasteiger partial charge in [-0.1, -0.05) is 23.2 Å². The summed E-state index contributed by atoms with van der Waals surface area (Å²) >= 11 is 11.8. The summed E-state index contributed by atoms with van der Waals surface area (Å²) in [6, 6.07) is 6.86. The van der Waals surface area contributed by atoms with Crippen molar-refractivity contribution in [3.63, 3.8) is 0 Å². The fraction of sp³-hybridized carbons (Fsp3) is 0.231. The third-order valence-electron chi connectivity index (χ3n) is 2.42. The molecule has 0 bridgehead atoms. The molecule has 0 spiro atoms. The molecule has 0 aliphatic heterocycles. The second-order valence-electron chi connectivity index (χ2n) is 3.99. The van der Waals surface area contributed by atoms with Crippen LogP contribution in [0.4, 0.5) is 17.3 Å². The predicted molar refractivity (Wildman–Crippen MR) is 81.5 cm³/mol. The first-order valence-corrected chi connectivity index (χ1v) is 6.77. The molecule has 7 heteroatoms. The van der Waals surface area contributed by atoms with Gasteiger partial charge in [-0.05, 0) is 25.1 Å². The van der Waals surface area contributed by atoms with Crippen molar-refractivity contribution in [1.82, 2.24) is 9.97 Å². The maximum Gasteiger partial charge on any atom is 0.158 e. The fourth-order valence-corrected chi connectivity index (χ4v) is 1.86. The van der Waals surface area contributed by atoms with E-state index in [1.54, 1.807) is 24.3 Å². The van der Waals surface area contributed by atoms with E-state index in [-0.39, 0.29) is 0 Å². The Labute approximate surface area is 127 Å². The van der Waals surface area contributed by atoms with Crippen molar-refractivity contribution in [2.75, 3.05) is 17.7 Å². The molecule has 3 N–H and O–H groups in total. The van der Waals surface area contributed by atoms with Gasteiger partial charge in [-0.3, -0.25) is 0 Å². The number of benzene rings is 1. The van der Waals surface area contributed by atoms with Gasteiger partial charge < -0.3 is 15.8 Å². The van der Waals surface area contributed by atoms with Crippen LogP contribution >= 0.6 is 23.2 Å². The fourth-order valence-electron chi connectivity index (χ4n) is 1.56. The van der Waals surface area contributed by atoms with Crippen LogP contribution in [-0.2, 0) is 11.3 Å². The van der Waals surface area contributed by atoms with Crippen molar-refractivity contribution >= 4 is 40.5 Å². The molecule has 0 aliphatic carbocycles. The molecular weight excluding hydrogens is 299 g/mol. The number of rotatable bonds is 5. The number of nitrogens with zero attached hydrogens (tertiary/aromatic N) is 2. The first-order valence-electron chi connectivity index (χ1n) is 6.01. The summed E-state index contributed by atoms with van der Waals surface area (Å²) in [6.07, 6.45) is 0. The lowest BCUT2D eigenvalue weighted by Crippen LogP contribution is -2.05. The molecule has 2 aromatic rings. The molecule has 106 valence electrons. The first-order chi connectivity index (χ1) is 9.58. The Bertz CT molecular complexity index is 607. The van der Waals surface area contributed by atoms with Gasteiger partial charge in [0, 0.05) is 18.4 Å². The van der Waals surface area contributed by atoms with Crippen molar-refractivity contribution in [3.05, 3.63) is 40.1 Å². The Morgan fingerprint density at radius 3 is 2.70 bits per heavy atom. The van der Waals surface area contributed by atoms with Gasteiger partial charge in [-0.2, -0.15) is 0 Å². The smallest absolute Gasteiger partial charge is 0.158 e. The van der Waals surface area contributed by atoms with E-state index >= 15 is 0 Å². The largest absolute Gasteiger partial charge is 0.384 e. The highest BCUT2D eigenvalue weighted by molar-refractivity contribution is 6.42. The highest BCUT2D eigenvalue weighted by Gasteiger charge is 2.05. The zero-order valence-electron chi connectivity index (χ0n) is 10.9. The second-order valence-corrected chi connectivity index (χ2v) is 4.80. The maximum absolute atomic E-state index is 5.96. The van der Waals surface area contributed by atoms with Crippen LogP contribution in [0.2, 0.25) is 10.0 Å². The number of ether oxygens (including phenoxy) is 1. The van der Waals surface area contributed by atoms with Gasteiger partial charge in [0.2, 0.25) is 0 Å². The number of aromatic nitrogens is 2. The van der Waals surface area contributed by atoms with Crippen molar-refractivity contribution in [2.24, 2.45) is 0 Å². The van der Waals surface area contributed by atoms with Gasteiger partial charge in [0.15, 0.2) is 5.82 Å². The number of nitrogen functional groups attached to an aromatic ring is 1. The summed E-state index contributed by atoms with van der Waals surface area (Å²) in [5, 5.41) is 4.06. The van der Waals surface area contributed by atoms with Crippen molar-refractivity contribution in [3.8, 4) is 0 Å². The Morgan fingerprint density at radius 2 is 2.00 bits per heavy atom. The van der Waals surface area contributed by atoms with E-state index in [0.29, 0.717) is 40.7 Å². The Balaban J connectivity index is 2.19. The quantitative estimate of drug-likeness (QED) is 0.881. The molecule has 20 heavy (non-hydrogen) atoms. The molecule has 0 saturated carbocycles. The van der Waals surface area contributed by atoms with Crippen LogP contribution < -0.4 is 11.1 Å². The number of anilines is 3. The minimum Gasteiger partial charge on any atom is -0.384 e. The molecule has 0 atom stereocenters. The number of halogens is 2. The van der Waals surface area contributed by atoms with Crippen molar-refractivity contribution in [1.29, 1.82) is 0 Å². The number of hydrogen-bond acceptors (Lipinski definition) is 5. The predicted octanol–water partition coefficient (Wildman–Crippen LogP) is 3.65.